The first-order chi connectivity index (χ1) is 15.0. The van der Waals surface area contributed by atoms with E-state index in [2.05, 4.69) is 10.3 Å². The normalized spacial score (nSPS) is 22.2. The van der Waals surface area contributed by atoms with Gasteiger partial charge in [-0.3, -0.25) is 4.79 Å². The molecule has 1 aliphatic carbocycles. The Labute approximate surface area is 184 Å². The highest BCUT2D eigenvalue weighted by molar-refractivity contribution is 6.31. The van der Waals surface area contributed by atoms with Crippen LogP contribution in [0.3, 0.4) is 0 Å². The number of anilines is 1. The van der Waals surface area contributed by atoms with Crippen LogP contribution >= 0.6 is 11.6 Å². The molecule has 1 heterocycles. The zero-order valence-corrected chi connectivity index (χ0v) is 17.3. The second-order valence-corrected chi connectivity index (χ2v) is 7.97. The molecule has 32 heavy (non-hydrogen) atoms. The van der Waals surface area contributed by atoms with Crippen LogP contribution in [0, 0.1) is 5.82 Å². The number of aromatic amines is 1. The van der Waals surface area contributed by atoms with Gasteiger partial charge >= 0.3 is 6.18 Å². The van der Waals surface area contributed by atoms with E-state index in [0.717, 1.165) is 6.07 Å². The van der Waals surface area contributed by atoms with Gasteiger partial charge in [0.25, 0.3) is 0 Å². The molecule has 4 rings (SSSR count). The van der Waals surface area contributed by atoms with E-state index in [4.69, 9.17) is 11.6 Å². The maximum Gasteiger partial charge on any atom is 0.419 e. The summed E-state index contributed by atoms with van der Waals surface area (Å²) < 4.78 is 56.9. The van der Waals surface area contributed by atoms with Gasteiger partial charge in [0.05, 0.1) is 16.6 Å². The lowest BCUT2D eigenvalue weighted by atomic mass is 9.72. The molecular formula is C22H17ClF4N2O3. The molecule has 168 valence electrons. The molecule has 2 atom stereocenters. The van der Waals surface area contributed by atoms with E-state index < -0.39 is 46.4 Å². The Kier molecular flexibility index (Phi) is 5.21. The zero-order valence-electron chi connectivity index (χ0n) is 16.5. The number of H-pyrrole nitrogens is 1. The fourth-order valence-electron chi connectivity index (χ4n) is 4.11. The number of phenols is 1. The molecule has 0 spiro atoms. The number of aromatic nitrogens is 1. The van der Waals surface area contributed by atoms with Crippen LogP contribution in [0.5, 0.6) is 5.75 Å². The standard InChI is InChI=1S/C22H17ClF4N2O3/c1-2-10-9-21(32,22(25,26)27)20(12-8-13(23)18(24)19(31)17(10)12)29-15-5-3-4-14-11(15)6-7-16(30)28-14/h2-8,20,29,31-32H,9H2,1H3,(H,28,30)/b10-2+. The molecule has 0 fully saturated rings. The van der Waals surface area contributed by atoms with Gasteiger partial charge in [0.1, 0.15) is 0 Å². The minimum Gasteiger partial charge on any atom is -0.504 e. The molecule has 0 bridgehead atoms. The van der Waals surface area contributed by atoms with E-state index in [1.807, 2.05) is 0 Å². The Morgan fingerprint density at radius 1 is 1.28 bits per heavy atom. The predicted octanol–water partition coefficient (Wildman–Crippen LogP) is 5.28. The minimum atomic E-state index is -5.09. The van der Waals surface area contributed by atoms with Crippen molar-refractivity contribution in [2.75, 3.05) is 5.32 Å². The Hall–Kier alpha value is -3.04. The van der Waals surface area contributed by atoms with Crippen LogP contribution in [0.25, 0.3) is 16.5 Å². The first-order valence-corrected chi connectivity index (χ1v) is 9.90. The lowest BCUT2D eigenvalue weighted by Gasteiger charge is -2.44. The highest BCUT2D eigenvalue weighted by Crippen LogP contribution is 2.55. The van der Waals surface area contributed by atoms with E-state index >= 15 is 0 Å². The number of hydrogen-bond acceptors (Lipinski definition) is 4. The summed E-state index contributed by atoms with van der Waals surface area (Å²) in [7, 11) is 0. The summed E-state index contributed by atoms with van der Waals surface area (Å²) in [4.78, 5) is 14.2. The largest absolute Gasteiger partial charge is 0.504 e. The molecule has 2 aromatic carbocycles. The summed E-state index contributed by atoms with van der Waals surface area (Å²) in [6.07, 6.45) is -4.73. The number of allylic oxidation sites excluding steroid dienone is 1. The van der Waals surface area contributed by atoms with Crippen LogP contribution in [-0.2, 0) is 0 Å². The summed E-state index contributed by atoms with van der Waals surface area (Å²) in [5.74, 6) is -2.05. The van der Waals surface area contributed by atoms with Crippen LogP contribution < -0.4 is 10.9 Å². The first-order valence-electron chi connectivity index (χ1n) is 9.52. The molecule has 0 amide bonds. The van der Waals surface area contributed by atoms with Crippen molar-refractivity contribution in [1.29, 1.82) is 0 Å². The fourth-order valence-corrected chi connectivity index (χ4v) is 4.32. The van der Waals surface area contributed by atoms with Crippen molar-refractivity contribution >= 4 is 33.8 Å². The highest BCUT2D eigenvalue weighted by Gasteiger charge is 2.62. The van der Waals surface area contributed by atoms with Gasteiger partial charge in [-0.1, -0.05) is 23.7 Å². The molecule has 10 heteroatoms. The van der Waals surface area contributed by atoms with E-state index in [-0.39, 0.29) is 22.4 Å². The number of phenolic OH excluding ortho intramolecular Hbond substituents is 1. The van der Waals surface area contributed by atoms with Crippen molar-refractivity contribution < 1.29 is 27.8 Å². The molecule has 0 aliphatic heterocycles. The third-order valence-electron chi connectivity index (χ3n) is 5.70. The van der Waals surface area contributed by atoms with Crippen molar-refractivity contribution in [2.24, 2.45) is 0 Å². The third kappa shape index (κ3) is 3.32. The quantitative estimate of drug-likeness (QED) is 0.385. The van der Waals surface area contributed by atoms with Crippen LogP contribution in [0.1, 0.15) is 30.5 Å². The van der Waals surface area contributed by atoms with Crippen molar-refractivity contribution in [3.05, 3.63) is 74.8 Å². The number of rotatable bonds is 2. The van der Waals surface area contributed by atoms with E-state index in [1.165, 1.54) is 37.3 Å². The number of pyridine rings is 1. The molecule has 0 saturated heterocycles. The number of aromatic hydroxyl groups is 1. The maximum absolute atomic E-state index is 14.3. The van der Waals surface area contributed by atoms with Crippen LogP contribution in [0.2, 0.25) is 5.02 Å². The van der Waals surface area contributed by atoms with E-state index in [1.54, 1.807) is 6.07 Å². The summed E-state index contributed by atoms with van der Waals surface area (Å²) in [6, 6.07) is 6.34. The summed E-state index contributed by atoms with van der Waals surface area (Å²) in [5, 5.41) is 23.8. The molecule has 1 aliphatic rings. The Balaban J connectivity index is 1.99. The minimum absolute atomic E-state index is 0.0757. The van der Waals surface area contributed by atoms with Gasteiger partial charge in [-0.05, 0) is 42.3 Å². The number of aliphatic hydroxyl groups is 1. The number of benzene rings is 2. The number of fused-ring (bicyclic) bond motifs is 2. The number of alkyl halides is 3. The Morgan fingerprint density at radius 2 is 2.00 bits per heavy atom. The smallest absolute Gasteiger partial charge is 0.419 e. The van der Waals surface area contributed by atoms with Crippen molar-refractivity contribution in [3.63, 3.8) is 0 Å². The first kappa shape index (κ1) is 22.2. The van der Waals surface area contributed by atoms with Crippen LogP contribution in [0.4, 0.5) is 23.2 Å². The second kappa shape index (κ2) is 7.53. The van der Waals surface area contributed by atoms with Crippen LogP contribution in [-0.4, -0.2) is 27.0 Å². The lowest BCUT2D eigenvalue weighted by molar-refractivity contribution is -0.265. The number of hydrogen-bond donors (Lipinski definition) is 4. The van der Waals surface area contributed by atoms with Gasteiger partial charge in [-0.2, -0.15) is 13.2 Å². The van der Waals surface area contributed by atoms with Crippen molar-refractivity contribution in [2.45, 2.75) is 31.2 Å². The summed E-state index contributed by atoms with van der Waals surface area (Å²) in [6.45, 7) is 1.43. The van der Waals surface area contributed by atoms with Crippen LogP contribution in [0.15, 0.2) is 47.3 Å². The molecule has 4 N–H and O–H groups in total. The monoisotopic (exact) mass is 468 g/mol. The molecule has 1 aromatic heterocycles. The topological polar surface area (TPSA) is 85.4 Å². The Bertz CT molecular complexity index is 1320. The fraction of sp³-hybridized carbons (Fsp3) is 0.227. The highest BCUT2D eigenvalue weighted by atomic mass is 35.5. The van der Waals surface area contributed by atoms with Gasteiger partial charge < -0.3 is 20.5 Å². The van der Waals surface area contributed by atoms with Crippen molar-refractivity contribution in [3.8, 4) is 5.75 Å². The van der Waals surface area contributed by atoms with Gasteiger partial charge in [-0.25, -0.2) is 4.39 Å². The zero-order chi connectivity index (χ0) is 23.4. The molecule has 5 nitrogen and oxygen atoms in total. The SMILES string of the molecule is C/C=C1\CC(O)(C(F)(F)F)C(Nc2cccc3[nH]c(=O)ccc23)c2cc(Cl)c(F)c(O)c21. The van der Waals surface area contributed by atoms with E-state index in [9.17, 15) is 32.6 Å². The Morgan fingerprint density at radius 3 is 2.66 bits per heavy atom. The summed E-state index contributed by atoms with van der Waals surface area (Å²) in [5.41, 5.74) is -3.60. The van der Waals surface area contributed by atoms with Crippen molar-refractivity contribution in [1.82, 2.24) is 4.98 Å². The average Bonchev–Trinajstić information content (AvgIpc) is 2.72. The second-order valence-electron chi connectivity index (χ2n) is 7.56. The predicted molar refractivity (Wildman–Crippen MR) is 113 cm³/mol. The average molecular weight is 469 g/mol. The third-order valence-corrected chi connectivity index (χ3v) is 5.97. The molecule has 0 radical (unpaired) electrons. The van der Waals surface area contributed by atoms with E-state index in [0.29, 0.717) is 10.9 Å². The molecule has 0 saturated carbocycles. The molecular weight excluding hydrogens is 452 g/mol. The number of halogens is 5. The van der Waals surface area contributed by atoms with Gasteiger partial charge in [0, 0.05) is 29.1 Å². The molecule has 3 aromatic rings. The maximum atomic E-state index is 14.3. The molecule has 2 unspecified atom stereocenters. The lowest BCUT2D eigenvalue weighted by Crippen LogP contribution is -2.54. The van der Waals surface area contributed by atoms with Gasteiger partial charge in [0.15, 0.2) is 17.2 Å². The summed E-state index contributed by atoms with van der Waals surface area (Å²) >= 11 is 5.85. The number of nitrogens with one attached hydrogen (secondary N) is 2. The van der Waals surface area contributed by atoms with Gasteiger partial charge in [0.2, 0.25) is 5.56 Å². The van der Waals surface area contributed by atoms with Gasteiger partial charge in [-0.15, -0.1) is 0 Å².